The van der Waals surface area contributed by atoms with Gasteiger partial charge in [-0.25, -0.2) is 0 Å². The van der Waals surface area contributed by atoms with E-state index >= 15 is 0 Å². The van der Waals surface area contributed by atoms with Gasteiger partial charge in [0.15, 0.2) is 0 Å². The Labute approximate surface area is 139 Å². The largest absolute Gasteiger partial charge is 0.251 e. The fourth-order valence-electron chi connectivity index (χ4n) is 2.54. The molecule has 1 nitrogen and oxygen atoms in total. The molecular formula is C19H41NS. The molecule has 0 radical (unpaired) electrons. The third-order valence-corrected chi connectivity index (χ3v) is 5.25. The minimum Gasteiger partial charge on any atom is -0.251 e. The van der Waals surface area contributed by atoms with Crippen LogP contribution in [0.2, 0.25) is 0 Å². The van der Waals surface area contributed by atoms with Crippen LogP contribution in [0.4, 0.5) is 0 Å². The summed E-state index contributed by atoms with van der Waals surface area (Å²) >= 11 is 2.12. The second-order valence-corrected chi connectivity index (χ2v) is 7.48. The number of rotatable bonds is 17. The summed E-state index contributed by atoms with van der Waals surface area (Å²) in [6.45, 7) is 9.49. The smallest absolute Gasteiger partial charge is 0.00893 e. The van der Waals surface area contributed by atoms with Gasteiger partial charge in [0, 0.05) is 18.8 Å². The Bertz CT molecular complexity index is 184. The highest BCUT2D eigenvalue weighted by atomic mass is 32.2. The minimum atomic E-state index is 1.30. The Morgan fingerprint density at radius 3 is 1.62 bits per heavy atom. The monoisotopic (exact) mass is 315 g/mol. The van der Waals surface area contributed by atoms with E-state index in [0.717, 1.165) is 0 Å². The molecule has 0 aliphatic rings. The number of nitrogens with zero attached hydrogens (tertiary/aromatic N) is 1. The van der Waals surface area contributed by atoms with E-state index in [4.69, 9.17) is 0 Å². The maximum Gasteiger partial charge on any atom is 0.00893 e. The van der Waals surface area contributed by atoms with E-state index in [1.165, 1.54) is 102 Å². The van der Waals surface area contributed by atoms with Crippen LogP contribution < -0.4 is 0 Å². The number of unbranched alkanes of at least 4 members (excludes halogenated alkanes) is 10. The quantitative estimate of drug-likeness (QED) is 0.209. The molecule has 0 aliphatic carbocycles. The van der Waals surface area contributed by atoms with Crippen LogP contribution in [0, 0.1) is 0 Å². The topological polar surface area (TPSA) is 3.24 Å². The van der Waals surface area contributed by atoms with Crippen molar-refractivity contribution in [2.24, 2.45) is 0 Å². The van der Waals surface area contributed by atoms with Crippen molar-refractivity contribution in [3.63, 3.8) is 0 Å². The van der Waals surface area contributed by atoms with Gasteiger partial charge in [0.05, 0.1) is 0 Å². The summed E-state index contributed by atoms with van der Waals surface area (Å²) in [4.78, 5) is 0. The van der Waals surface area contributed by atoms with Gasteiger partial charge >= 0.3 is 0 Å². The summed E-state index contributed by atoms with van der Waals surface area (Å²) in [7, 11) is 0. The van der Waals surface area contributed by atoms with Crippen LogP contribution in [0.1, 0.15) is 104 Å². The predicted molar refractivity (Wildman–Crippen MR) is 101 cm³/mol. The van der Waals surface area contributed by atoms with Crippen LogP contribution in [0.3, 0.4) is 0 Å². The van der Waals surface area contributed by atoms with E-state index in [9.17, 15) is 0 Å². The molecule has 0 N–H and O–H groups in total. The summed E-state index contributed by atoms with van der Waals surface area (Å²) < 4.78 is 2.65. The van der Waals surface area contributed by atoms with Gasteiger partial charge in [-0.05, 0) is 19.3 Å². The fraction of sp³-hybridized carbons (Fsp3) is 1.00. The number of hydrogen-bond donors (Lipinski definition) is 0. The van der Waals surface area contributed by atoms with Crippen LogP contribution >= 0.6 is 11.9 Å². The molecule has 0 rings (SSSR count). The molecule has 0 aromatic rings. The van der Waals surface area contributed by atoms with E-state index in [2.05, 4.69) is 37.0 Å². The van der Waals surface area contributed by atoms with Crippen LogP contribution in [-0.4, -0.2) is 23.1 Å². The highest BCUT2D eigenvalue weighted by Gasteiger charge is 2.04. The van der Waals surface area contributed by atoms with Gasteiger partial charge in [0.1, 0.15) is 0 Å². The number of hydrogen-bond acceptors (Lipinski definition) is 2. The Kier molecular flexibility index (Phi) is 18.6. The first-order valence-electron chi connectivity index (χ1n) is 9.73. The SMILES string of the molecule is CCCCCCCCCSN(CCCC)CCCCCC. The van der Waals surface area contributed by atoms with Crippen LogP contribution in [0.5, 0.6) is 0 Å². The van der Waals surface area contributed by atoms with Crippen molar-refractivity contribution in [1.29, 1.82) is 0 Å². The first-order valence-corrected chi connectivity index (χ1v) is 10.7. The summed E-state index contributed by atoms with van der Waals surface area (Å²) in [6, 6.07) is 0. The van der Waals surface area contributed by atoms with E-state index in [0.29, 0.717) is 0 Å². The van der Waals surface area contributed by atoms with Gasteiger partial charge in [0.2, 0.25) is 0 Å². The molecule has 0 fully saturated rings. The molecule has 0 atom stereocenters. The van der Waals surface area contributed by atoms with Gasteiger partial charge < -0.3 is 0 Å². The van der Waals surface area contributed by atoms with Gasteiger partial charge in [-0.2, -0.15) is 0 Å². The molecule has 0 saturated heterocycles. The molecule has 0 amide bonds. The van der Waals surface area contributed by atoms with Crippen molar-refractivity contribution in [3.8, 4) is 0 Å². The molecule has 0 heterocycles. The van der Waals surface area contributed by atoms with Crippen LogP contribution in [0.15, 0.2) is 0 Å². The first kappa shape index (κ1) is 21.3. The predicted octanol–water partition coefficient (Wildman–Crippen LogP) is 7.07. The average molecular weight is 316 g/mol. The maximum atomic E-state index is 2.65. The summed E-state index contributed by atoms with van der Waals surface area (Å²) in [6.07, 6.45) is 18.2. The third-order valence-electron chi connectivity index (χ3n) is 4.04. The normalized spacial score (nSPS) is 11.4. The second-order valence-electron chi connectivity index (χ2n) is 6.30. The van der Waals surface area contributed by atoms with Crippen LogP contribution in [0.25, 0.3) is 0 Å². The van der Waals surface area contributed by atoms with Crippen molar-refractivity contribution >= 4 is 11.9 Å². The molecule has 2 heteroatoms. The van der Waals surface area contributed by atoms with Crippen molar-refractivity contribution in [1.82, 2.24) is 4.31 Å². The van der Waals surface area contributed by atoms with E-state index in [1.807, 2.05) is 0 Å². The fourth-order valence-corrected chi connectivity index (χ4v) is 3.65. The van der Waals surface area contributed by atoms with E-state index in [1.54, 1.807) is 0 Å². The summed E-state index contributed by atoms with van der Waals surface area (Å²) in [5, 5.41) is 0. The molecule has 0 spiro atoms. The van der Waals surface area contributed by atoms with E-state index < -0.39 is 0 Å². The van der Waals surface area contributed by atoms with E-state index in [-0.39, 0.29) is 0 Å². The van der Waals surface area contributed by atoms with Gasteiger partial charge in [-0.15, -0.1) is 0 Å². The van der Waals surface area contributed by atoms with Crippen molar-refractivity contribution in [2.45, 2.75) is 104 Å². The molecule has 0 aliphatic heterocycles. The lowest BCUT2D eigenvalue weighted by molar-refractivity contribution is 0.435. The zero-order valence-electron chi connectivity index (χ0n) is 15.2. The maximum absolute atomic E-state index is 2.65. The van der Waals surface area contributed by atoms with Gasteiger partial charge in [-0.1, -0.05) is 96.9 Å². The summed E-state index contributed by atoms with van der Waals surface area (Å²) in [5.41, 5.74) is 0. The Morgan fingerprint density at radius 1 is 0.524 bits per heavy atom. The molecule has 21 heavy (non-hydrogen) atoms. The standard InChI is InChI=1S/C19H41NS/c1-4-7-10-12-13-14-16-19-21-20(17-9-6-3)18-15-11-8-5-2/h4-19H2,1-3H3. The lowest BCUT2D eigenvalue weighted by Gasteiger charge is -2.20. The van der Waals surface area contributed by atoms with Crippen molar-refractivity contribution in [2.75, 3.05) is 18.8 Å². The van der Waals surface area contributed by atoms with Crippen LogP contribution in [-0.2, 0) is 0 Å². The molecule has 0 aromatic carbocycles. The summed E-state index contributed by atoms with van der Waals surface area (Å²) in [5.74, 6) is 1.34. The average Bonchev–Trinajstić information content (AvgIpc) is 2.50. The highest BCUT2D eigenvalue weighted by molar-refractivity contribution is 7.97. The minimum absolute atomic E-state index is 1.30. The molecular weight excluding hydrogens is 274 g/mol. The zero-order chi connectivity index (χ0) is 15.6. The molecule has 0 aromatic heterocycles. The van der Waals surface area contributed by atoms with Crippen molar-refractivity contribution in [3.05, 3.63) is 0 Å². The lowest BCUT2D eigenvalue weighted by Crippen LogP contribution is -2.19. The van der Waals surface area contributed by atoms with Crippen molar-refractivity contribution < 1.29 is 0 Å². The van der Waals surface area contributed by atoms with Gasteiger partial charge in [-0.3, -0.25) is 4.31 Å². The third kappa shape index (κ3) is 16.5. The molecule has 128 valence electrons. The van der Waals surface area contributed by atoms with Gasteiger partial charge in [0.25, 0.3) is 0 Å². The molecule has 0 unspecified atom stereocenters. The second kappa shape index (κ2) is 18.4. The highest BCUT2D eigenvalue weighted by Crippen LogP contribution is 2.17. The lowest BCUT2D eigenvalue weighted by atomic mass is 10.1. The first-order chi connectivity index (χ1) is 10.3. The zero-order valence-corrected chi connectivity index (χ0v) is 16.0. The Hall–Kier alpha value is 0.310. The Balaban J connectivity index is 3.51. The Morgan fingerprint density at radius 2 is 1.00 bits per heavy atom. The molecule has 0 bridgehead atoms. The molecule has 0 saturated carbocycles.